The minimum Gasteiger partial charge on any atom is -0.384 e. The Morgan fingerprint density at radius 1 is 1.10 bits per heavy atom. The maximum absolute atomic E-state index is 7.95. The van der Waals surface area contributed by atoms with Crippen LogP contribution in [0.4, 0.5) is 5.82 Å². The third kappa shape index (κ3) is 2.92. The molecular weight excluding hydrogens is 250 g/mol. The van der Waals surface area contributed by atoms with Crippen LogP contribution in [0.15, 0.2) is 0 Å². The summed E-state index contributed by atoms with van der Waals surface area (Å²) in [4.78, 5) is 2.26. The predicted octanol–water partition coefficient (Wildman–Crippen LogP) is 2.27. The molecule has 2 rings (SSSR count). The summed E-state index contributed by atoms with van der Waals surface area (Å²) in [5.74, 6) is 0.930. The molecule has 0 aliphatic carbocycles. The van der Waals surface area contributed by atoms with E-state index in [9.17, 15) is 0 Å². The lowest BCUT2D eigenvalue weighted by molar-refractivity contribution is 0.726. The Morgan fingerprint density at radius 3 is 2.25 bits per heavy atom. The Balaban J connectivity index is 2.48. The number of hydrogen-bond acceptors (Lipinski definition) is 4. The van der Waals surface area contributed by atoms with Crippen molar-refractivity contribution in [2.75, 3.05) is 18.0 Å². The number of aryl methyl sites for hydroxylation is 1. The van der Waals surface area contributed by atoms with Gasteiger partial charge >= 0.3 is 0 Å². The van der Waals surface area contributed by atoms with Crippen molar-refractivity contribution in [1.29, 1.82) is 5.41 Å². The molecule has 1 aromatic heterocycles. The number of hydrogen-bond donors (Lipinski definition) is 2. The Kier molecular flexibility index (Phi) is 4.93. The normalized spacial score (nSPS) is 16.0. The molecule has 0 atom stereocenters. The highest BCUT2D eigenvalue weighted by atomic mass is 15.3. The van der Waals surface area contributed by atoms with Gasteiger partial charge in [-0.2, -0.15) is 5.10 Å². The first-order valence-corrected chi connectivity index (χ1v) is 7.66. The molecule has 1 aliphatic heterocycles. The van der Waals surface area contributed by atoms with E-state index in [0.29, 0.717) is 0 Å². The van der Waals surface area contributed by atoms with E-state index >= 15 is 0 Å². The van der Waals surface area contributed by atoms with Crippen molar-refractivity contribution >= 4 is 11.7 Å². The third-order valence-electron chi connectivity index (χ3n) is 4.00. The minimum absolute atomic E-state index is 0.116. The Morgan fingerprint density at radius 2 is 1.75 bits per heavy atom. The zero-order valence-corrected chi connectivity index (χ0v) is 12.6. The summed E-state index contributed by atoms with van der Waals surface area (Å²) in [6.45, 7) is 6.14. The summed E-state index contributed by atoms with van der Waals surface area (Å²) < 4.78 is 0. The van der Waals surface area contributed by atoms with E-state index < -0.39 is 0 Å². The first-order valence-electron chi connectivity index (χ1n) is 7.66. The molecule has 20 heavy (non-hydrogen) atoms. The van der Waals surface area contributed by atoms with Crippen molar-refractivity contribution < 1.29 is 0 Å². The highest BCUT2D eigenvalue weighted by Crippen LogP contribution is 2.25. The van der Waals surface area contributed by atoms with Gasteiger partial charge in [0.05, 0.1) is 11.3 Å². The van der Waals surface area contributed by atoms with Crippen LogP contribution in [0, 0.1) is 5.41 Å². The van der Waals surface area contributed by atoms with Gasteiger partial charge in [0.15, 0.2) is 5.82 Å². The van der Waals surface area contributed by atoms with Gasteiger partial charge in [-0.1, -0.05) is 26.7 Å². The van der Waals surface area contributed by atoms with E-state index in [1.807, 2.05) is 0 Å². The summed E-state index contributed by atoms with van der Waals surface area (Å²) in [7, 11) is 0. The van der Waals surface area contributed by atoms with E-state index in [4.69, 9.17) is 11.1 Å². The third-order valence-corrected chi connectivity index (χ3v) is 4.00. The second-order valence-electron chi connectivity index (χ2n) is 5.35. The van der Waals surface area contributed by atoms with E-state index in [-0.39, 0.29) is 5.84 Å². The Labute approximate surface area is 121 Å². The number of nitrogens with one attached hydrogen (secondary N) is 1. The molecule has 0 aromatic carbocycles. The van der Waals surface area contributed by atoms with Crippen molar-refractivity contribution in [3.05, 3.63) is 16.8 Å². The first kappa shape index (κ1) is 14.8. The standard InChI is InChI=1S/C15H25N5/c1-3-11-12(4-2)18-19-15(13(11)14(16)17)20-9-7-5-6-8-10-20/h3-10H2,1-2H3,(H3,16,17). The number of nitrogen functional groups attached to an aromatic ring is 1. The SMILES string of the molecule is CCc1nnc(N2CCCCCC2)c(C(=N)N)c1CC. The minimum atomic E-state index is 0.116. The lowest BCUT2D eigenvalue weighted by Gasteiger charge is -2.25. The summed E-state index contributed by atoms with van der Waals surface area (Å²) >= 11 is 0. The fourth-order valence-corrected chi connectivity index (χ4v) is 2.95. The molecule has 0 unspecified atom stereocenters. The van der Waals surface area contributed by atoms with Crippen LogP contribution in [0.3, 0.4) is 0 Å². The quantitative estimate of drug-likeness (QED) is 0.652. The zero-order valence-electron chi connectivity index (χ0n) is 12.6. The van der Waals surface area contributed by atoms with Crippen LogP contribution in [0.1, 0.15) is 56.4 Å². The van der Waals surface area contributed by atoms with Gasteiger partial charge in [0, 0.05) is 13.1 Å². The molecule has 0 spiro atoms. The van der Waals surface area contributed by atoms with Crippen molar-refractivity contribution in [1.82, 2.24) is 10.2 Å². The van der Waals surface area contributed by atoms with Gasteiger partial charge in [0.1, 0.15) is 5.84 Å². The molecule has 0 saturated carbocycles. The van der Waals surface area contributed by atoms with E-state index in [0.717, 1.165) is 48.6 Å². The van der Waals surface area contributed by atoms with Crippen molar-refractivity contribution in [2.24, 2.45) is 5.73 Å². The molecular formula is C15H25N5. The molecule has 2 heterocycles. The summed E-state index contributed by atoms with van der Waals surface area (Å²) in [6.07, 6.45) is 6.57. The maximum Gasteiger partial charge on any atom is 0.162 e. The lowest BCUT2D eigenvalue weighted by atomic mass is 10.0. The zero-order chi connectivity index (χ0) is 14.5. The highest BCUT2D eigenvalue weighted by molar-refractivity contribution is 6.01. The van der Waals surface area contributed by atoms with E-state index in [2.05, 4.69) is 28.9 Å². The molecule has 1 saturated heterocycles. The van der Waals surface area contributed by atoms with Crippen molar-refractivity contribution in [2.45, 2.75) is 52.4 Å². The summed E-state index contributed by atoms with van der Waals surface area (Å²) in [5, 5.41) is 16.7. The van der Waals surface area contributed by atoms with Crippen molar-refractivity contribution in [3.63, 3.8) is 0 Å². The lowest BCUT2D eigenvalue weighted by Crippen LogP contribution is -2.30. The van der Waals surface area contributed by atoms with Gasteiger partial charge < -0.3 is 10.6 Å². The average Bonchev–Trinajstić information content (AvgIpc) is 2.74. The van der Waals surface area contributed by atoms with Crippen molar-refractivity contribution in [3.8, 4) is 0 Å². The monoisotopic (exact) mass is 275 g/mol. The second kappa shape index (κ2) is 6.68. The number of amidine groups is 1. The smallest absolute Gasteiger partial charge is 0.162 e. The first-order chi connectivity index (χ1) is 9.69. The fourth-order valence-electron chi connectivity index (χ4n) is 2.95. The highest BCUT2D eigenvalue weighted by Gasteiger charge is 2.21. The molecule has 3 N–H and O–H groups in total. The Hall–Kier alpha value is -1.65. The van der Waals surface area contributed by atoms with Crippen LogP contribution in [-0.2, 0) is 12.8 Å². The molecule has 1 fully saturated rings. The molecule has 110 valence electrons. The number of anilines is 1. The Bertz CT molecular complexity index is 475. The molecule has 0 bridgehead atoms. The number of nitrogens with two attached hydrogens (primary N) is 1. The van der Waals surface area contributed by atoms with Crippen LogP contribution < -0.4 is 10.6 Å². The van der Waals surface area contributed by atoms with Gasteiger partial charge in [0.25, 0.3) is 0 Å². The van der Waals surface area contributed by atoms with Gasteiger partial charge in [-0.25, -0.2) is 0 Å². The number of nitrogens with zero attached hydrogens (tertiary/aromatic N) is 3. The van der Waals surface area contributed by atoms with Crippen LogP contribution in [-0.4, -0.2) is 29.1 Å². The van der Waals surface area contributed by atoms with Crippen LogP contribution >= 0.6 is 0 Å². The molecule has 1 aliphatic rings. The average molecular weight is 275 g/mol. The van der Waals surface area contributed by atoms with Crippen LogP contribution in [0.2, 0.25) is 0 Å². The number of rotatable bonds is 4. The molecule has 1 aromatic rings. The van der Waals surface area contributed by atoms with E-state index in [1.165, 1.54) is 25.7 Å². The van der Waals surface area contributed by atoms with Gasteiger partial charge in [0.2, 0.25) is 0 Å². The molecule has 0 amide bonds. The summed E-state index contributed by atoms with van der Waals surface area (Å²) in [5.41, 5.74) is 8.72. The molecule has 5 nitrogen and oxygen atoms in total. The summed E-state index contributed by atoms with van der Waals surface area (Å²) in [6, 6.07) is 0. The molecule has 5 heteroatoms. The van der Waals surface area contributed by atoms with Gasteiger partial charge in [-0.15, -0.1) is 5.10 Å². The van der Waals surface area contributed by atoms with Crippen LogP contribution in [0.5, 0.6) is 0 Å². The van der Waals surface area contributed by atoms with E-state index in [1.54, 1.807) is 0 Å². The molecule has 0 radical (unpaired) electrons. The van der Waals surface area contributed by atoms with Gasteiger partial charge in [-0.3, -0.25) is 5.41 Å². The van der Waals surface area contributed by atoms with Gasteiger partial charge in [-0.05, 0) is 31.2 Å². The largest absolute Gasteiger partial charge is 0.384 e. The number of aromatic nitrogens is 2. The topological polar surface area (TPSA) is 78.9 Å². The maximum atomic E-state index is 7.95. The van der Waals surface area contributed by atoms with Crippen LogP contribution in [0.25, 0.3) is 0 Å². The predicted molar refractivity (Wildman–Crippen MR) is 82.5 cm³/mol. The second-order valence-corrected chi connectivity index (χ2v) is 5.35. The fraction of sp³-hybridized carbons (Fsp3) is 0.667.